The maximum absolute atomic E-state index is 12.1. The van der Waals surface area contributed by atoms with Crippen molar-refractivity contribution in [3.63, 3.8) is 0 Å². The molecule has 0 aliphatic carbocycles. The lowest BCUT2D eigenvalue weighted by Crippen LogP contribution is -2.31. The zero-order valence-corrected chi connectivity index (χ0v) is 11.6. The average Bonchev–Trinajstić information content (AvgIpc) is 2.33. The van der Waals surface area contributed by atoms with E-state index >= 15 is 0 Å². The zero-order valence-electron chi connectivity index (χ0n) is 11.6. The molecule has 0 saturated heterocycles. The third kappa shape index (κ3) is 4.53. The largest absolute Gasteiger partial charge is 0.488 e. The fourth-order valence-electron chi connectivity index (χ4n) is 1.55. The Morgan fingerprint density at radius 1 is 1.44 bits per heavy atom. The van der Waals surface area contributed by atoms with E-state index in [0.717, 1.165) is 12.8 Å². The number of hydrogen-bond acceptors (Lipinski definition) is 3. The van der Waals surface area contributed by atoms with E-state index in [0.29, 0.717) is 24.8 Å². The predicted molar refractivity (Wildman–Crippen MR) is 73.9 cm³/mol. The third-order valence-corrected chi connectivity index (χ3v) is 2.89. The molecule has 0 spiro atoms. The van der Waals surface area contributed by atoms with Crippen molar-refractivity contribution in [2.24, 2.45) is 11.7 Å². The number of ether oxygens (including phenoxy) is 1. The Morgan fingerprint density at radius 3 is 2.78 bits per heavy atom. The molecule has 0 aromatic carbocycles. The fourth-order valence-corrected chi connectivity index (χ4v) is 1.55. The molecule has 4 nitrogen and oxygen atoms in total. The molecule has 1 atom stereocenters. The first-order valence-corrected chi connectivity index (χ1v) is 6.62. The molecule has 1 heterocycles. The molecule has 1 unspecified atom stereocenters. The van der Waals surface area contributed by atoms with Crippen LogP contribution in [-0.4, -0.2) is 17.2 Å². The van der Waals surface area contributed by atoms with Crippen LogP contribution < -0.4 is 16.0 Å². The molecule has 4 heteroatoms. The third-order valence-electron chi connectivity index (χ3n) is 2.89. The molecule has 18 heavy (non-hydrogen) atoms. The summed E-state index contributed by atoms with van der Waals surface area (Å²) in [7, 11) is 0. The normalized spacial score (nSPS) is 12.7. The van der Waals surface area contributed by atoms with Gasteiger partial charge in [-0.3, -0.25) is 4.79 Å². The number of rotatable bonds is 7. The van der Waals surface area contributed by atoms with Crippen LogP contribution in [0.25, 0.3) is 0 Å². The van der Waals surface area contributed by atoms with Gasteiger partial charge in [-0.1, -0.05) is 20.8 Å². The van der Waals surface area contributed by atoms with Crippen molar-refractivity contribution in [3.8, 4) is 5.75 Å². The van der Waals surface area contributed by atoms with Crippen molar-refractivity contribution in [1.82, 2.24) is 4.57 Å². The first-order valence-electron chi connectivity index (χ1n) is 6.62. The molecule has 0 amide bonds. The molecule has 1 rings (SSSR count). The molecular weight excluding hydrogens is 228 g/mol. The molecule has 0 radical (unpaired) electrons. The van der Waals surface area contributed by atoms with Crippen molar-refractivity contribution in [3.05, 3.63) is 28.7 Å². The van der Waals surface area contributed by atoms with Gasteiger partial charge >= 0.3 is 0 Å². The van der Waals surface area contributed by atoms with Crippen molar-refractivity contribution in [2.75, 3.05) is 6.61 Å². The second kappa shape index (κ2) is 7.21. The van der Waals surface area contributed by atoms with Gasteiger partial charge in [0.15, 0.2) is 5.75 Å². The minimum Gasteiger partial charge on any atom is -0.488 e. The van der Waals surface area contributed by atoms with Gasteiger partial charge in [-0.05, 0) is 30.9 Å². The van der Waals surface area contributed by atoms with E-state index < -0.39 is 0 Å². The van der Waals surface area contributed by atoms with Gasteiger partial charge in [-0.2, -0.15) is 0 Å². The fraction of sp³-hybridized carbons (Fsp3) is 0.643. The van der Waals surface area contributed by atoms with Gasteiger partial charge < -0.3 is 15.0 Å². The summed E-state index contributed by atoms with van der Waals surface area (Å²) in [4.78, 5) is 12.1. The Morgan fingerprint density at radius 2 is 2.17 bits per heavy atom. The van der Waals surface area contributed by atoms with Crippen molar-refractivity contribution < 1.29 is 4.74 Å². The lowest BCUT2D eigenvalue weighted by molar-refractivity contribution is 0.283. The standard InChI is InChI=1S/C14H24N2O2/c1-4-12(15)10-16-8-5-6-13(14(16)17)18-9-7-11(2)3/h5-6,8,11-12H,4,7,9-10,15H2,1-3H3. The summed E-state index contributed by atoms with van der Waals surface area (Å²) < 4.78 is 7.15. The van der Waals surface area contributed by atoms with E-state index in [4.69, 9.17) is 10.5 Å². The summed E-state index contributed by atoms with van der Waals surface area (Å²) in [5, 5.41) is 0. The summed E-state index contributed by atoms with van der Waals surface area (Å²) in [5.41, 5.74) is 5.77. The second-order valence-corrected chi connectivity index (χ2v) is 5.03. The molecular formula is C14H24N2O2. The Bertz CT molecular complexity index is 413. The maximum Gasteiger partial charge on any atom is 0.292 e. The first-order chi connectivity index (χ1) is 8.54. The lowest BCUT2D eigenvalue weighted by Gasteiger charge is -2.13. The van der Waals surface area contributed by atoms with Crippen LogP contribution in [-0.2, 0) is 6.54 Å². The van der Waals surface area contributed by atoms with E-state index in [9.17, 15) is 4.79 Å². The minimum absolute atomic E-state index is 0.00798. The van der Waals surface area contributed by atoms with E-state index in [1.54, 1.807) is 16.8 Å². The maximum atomic E-state index is 12.1. The number of hydrogen-bond donors (Lipinski definition) is 1. The topological polar surface area (TPSA) is 57.2 Å². The Hall–Kier alpha value is -1.29. The SMILES string of the molecule is CCC(N)Cn1cccc(OCCC(C)C)c1=O. The number of nitrogens with two attached hydrogens (primary N) is 1. The van der Waals surface area contributed by atoms with E-state index in [2.05, 4.69) is 13.8 Å². The highest BCUT2D eigenvalue weighted by molar-refractivity contribution is 5.17. The van der Waals surface area contributed by atoms with Gasteiger partial charge in [0, 0.05) is 18.8 Å². The summed E-state index contributed by atoms with van der Waals surface area (Å²) in [6, 6.07) is 3.55. The predicted octanol–water partition coefficient (Wildman–Crippen LogP) is 2.01. The summed E-state index contributed by atoms with van der Waals surface area (Å²) in [6.07, 6.45) is 3.56. The molecule has 0 aliphatic heterocycles. The highest BCUT2D eigenvalue weighted by Crippen LogP contribution is 2.06. The van der Waals surface area contributed by atoms with Gasteiger partial charge in [0.05, 0.1) is 6.61 Å². The van der Waals surface area contributed by atoms with Gasteiger partial charge in [-0.25, -0.2) is 0 Å². The van der Waals surface area contributed by atoms with Crippen molar-refractivity contribution >= 4 is 0 Å². The van der Waals surface area contributed by atoms with Gasteiger partial charge in [0.25, 0.3) is 5.56 Å². The van der Waals surface area contributed by atoms with Gasteiger partial charge in [0.1, 0.15) is 0 Å². The first kappa shape index (κ1) is 14.8. The number of aromatic nitrogens is 1. The second-order valence-electron chi connectivity index (χ2n) is 5.03. The van der Waals surface area contributed by atoms with Crippen LogP contribution in [0.5, 0.6) is 5.75 Å². The lowest BCUT2D eigenvalue weighted by atomic mass is 10.1. The van der Waals surface area contributed by atoms with E-state index in [1.807, 2.05) is 13.0 Å². The monoisotopic (exact) mass is 252 g/mol. The minimum atomic E-state index is -0.0924. The van der Waals surface area contributed by atoms with Crippen LogP contribution in [0.4, 0.5) is 0 Å². The highest BCUT2D eigenvalue weighted by Gasteiger charge is 2.07. The van der Waals surface area contributed by atoms with Gasteiger partial charge in [0.2, 0.25) is 0 Å². The van der Waals surface area contributed by atoms with Crippen molar-refractivity contribution in [2.45, 2.75) is 46.2 Å². The molecule has 0 fully saturated rings. The highest BCUT2D eigenvalue weighted by atomic mass is 16.5. The Labute approximate surface area is 109 Å². The van der Waals surface area contributed by atoms with Crippen LogP contribution in [0.3, 0.4) is 0 Å². The van der Waals surface area contributed by atoms with Crippen LogP contribution in [0, 0.1) is 5.92 Å². The summed E-state index contributed by atoms with van der Waals surface area (Å²) in [5.74, 6) is 0.992. The van der Waals surface area contributed by atoms with E-state index in [-0.39, 0.29) is 11.6 Å². The molecule has 0 saturated carbocycles. The van der Waals surface area contributed by atoms with Crippen LogP contribution >= 0.6 is 0 Å². The van der Waals surface area contributed by atoms with Crippen LogP contribution in [0.15, 0.2) is 23.1 Å². The molecule has 0 bridgehead atoms. The summed E-state index contributed by atoms with van der Waals surface area (Å²) in [6.45, 7) is 7.39. The molecule has 1 aromatic rings. The molecule has 102 valence electrons. The molecule has 0 aliphatic rings. The van der Waals surface area contributed by atoms with E-state index in [1.165, 1.54) is 0 Å². The Kier molecular flexibility index (Phi) is 5.92. The average molecular weight is 252 g/mol. The van der Waals surface area contributed by atoms with Gasteiger partial charge in [-0.15, -0.1) is 0 Å². The van der Waals surface area contributed by atoms with Crippen LogP contribution in [0.1, 0.15) is 33.6 Å². The quantitative estimate of drug-likeness (QED) is 0.807. The molecule has 1 aromatic heterocycles. The van der Waals surface area contributed by atoms with Crippen LogP contribution in [0.2, 0.25) is 0 Å². The molecule has 2 N–H and O–H groups in total. The number of pyridine rings is 1. The van der Waals surface area contributed by atoms with Crippen molar-refractivity contribution in [1.29, 1.82) is 0 Å². The number of nitrogens with zero attached hydrogens (tertiary/aromatic N) is 1. The summed E-state index contributed by atoms with van der Waals surface area (Å²) >= 11 is 0. The smallest absolute Gasteiger partial charge is 0.292 e. The zero-order chi connectivity index (χ0) is 13.5. The Balaban J connectivity index is 2.69.